The molecule has 1 unspecified atom stereocenters. The molecule has 0 radical (unpaired) electrons. The lowest BCUT2D eigenvalue weighted by Crippen LogP contribution is -2.47. The van der Waals surface area contributed by atoms with Crippen molar-refractivity contribution in [2.24, 2.45) is 0 Å². The Hall–Kier alpha value is -1.60. The number of carboxylic acid groups (broad SMARTS) is 1. The minimum Gasteiger partial charge on any atom is -0.480 e. The zero-order valence-electron chi connectivity index (χ0n) is 12.2. The molecule has 2 rings (SSSR count). The normalized spacial score (nSPS) is 20.2. The fraction of sp³-hybridized carbons (Fsp3) is 0.500. The summed E-state index contributed by atoms with van der Waals surface area (Å²) in [4.78, 5) is 13.3. The Morgan fingerprint density at radius 2 is 2.05 bits per heavy atom. The van der Waals surface area contributed by atoms with Gasteiger partial charge < -0.3 is 10.0 Å². The van der Waals surface area contributed by atoms with Gasteiger partial charge in [-0.05, 0) is 37.5 Å². The number of carboxylic acids is 1. The van der Waals surface area contributed by atoms with Crippen molar-refractivity contribution in [3.8, 4) is 0 Å². The summed E-state index contributed by atoms with van der Waals surface area (Å²) >= 11 is 0. The topological polar surface area (TPSA) is 77.9 Å². The highest BCUT2D eigenvalue weighted by atomic mass is 32.2. The summed E-state index contributed by atoms with van der Waals surface area (Å²) in [5, 5.41) is 9.25. The van der Waals surface area contributed by atoms with Crippen LogP contribution >= 0.6 is 0 Å². The highest BCUT2D eigenvalue weighted by molar-refractivity contribution is 7.89. The van der Waals surface area contributed by atoms with Gasteiger partial charge in [0.15, 0.2) is 0 Å². The molecular formula is C14H20N2O4S. The van der Waals surface area contributed by atoms with Crippen LogP contribution in [0.15, 0.2) is 29.2 Å². The van der Waals surface area contributed by atoms with Crippen LogP contribution in [0.1, 0.15) is 19.3 Å². The predicted molar refractivity (Wildman–Crippen MR) is 79.9 cm³/mol. The minimum absolute atomic E-state index is 0.141. The van der Waals surface area contributed by atoms with E-state index in [0.29, 0.717) is 12.8 Å². The average Bonchev–Trinajstić information content (AvgIpc) is 2.47. The first-order chi connectivity index (χ1) is 9.84. The molecule has 0 aliphatic carbocycles. The van der Waals surface area contributed by atoms with Crippen LogP contribution in [0.4, 0.5) is 5.69 Å². The fourth-order valence-corrected chi connectivity index (χ4v) is 4.19. The summed E-state index contributed by atoms with van der Waals surface area (Å²) in [6, 6.07) is 5.59. The molecule has 7 heteroatoms. The van der Waals surface area contributed by atoms with E-state index in [-0.39, 0.29) is 11.4 Å². The van der Waals surface area contributed by atoms with Crippen molar-refractivity contribution in [2.75, 3.05) is 25.5 Å². The van der Waals surface area contributed by atoms with Crippen molar-refractivity contribution in [3.05, 3.63) is 24.3 Å². The van der Waals surface area contributed by atoms with Gasteiger partial charge in [0.1, 0.15) is 6.04 Å². The Labute approximate surface area is 125 Å². The fourth-order valence-electron chi connectivity index (χ4n) is 2.50. The molecule has 1 fully saturated rings. The number of hydrogen-bond donors (Lipinski definition) is 1. The second kappa shape index (κ2) is 6.03. The molecule has 0 aromatic heterocycles. The summed E-state index contributed by atoms with van der Waals surface area (Å²) in [6.07, 6.45) is 1.79. The van der Waals surface area contributed by atoms with Crippen molar-refractivity contribution in [1.29, 1.82) is 0 Å². The standard InChI is InChI=1S/C14H20N2O4S/c1-15(2)11-6-5-7-12(10-11)21(19,20)16-9-4-3-8-13(16)14(17)18/h5-7,10,13H,3-4,8-9H2,1-2H3,(H,17,18). The molecule has 1 N–H and O–H groups in total. The number of piperidine rings is 1. The summed E-state index contributed by atoms with van der Waals surface area (Å²) in [5.74, 6) is -1.08. The summed E-state index contributed by atoms with van der Waals surface area (Å²) < 4.78 is 26.6. The van der Waals surface area contributed by atoms with Gasteiger partial charge in [-0.15, -0.1) is 0 Å². The molecule has 116 valence electrons. The van der Waals surface area contributed by atoms with E-state index in [4.69, 9.17) is 0 Å². The van der Waals surface area contributed by atoms with Crippen LogP contribution in [-0.2, 0) is 14.8 Å². The number of hydrogen-bond acceptors (Lipinski definition) is 4. The van der Waals surface area contributed by atoms with Crippen LogP contribution in [0.25, 0.3) is 0 Å². The highest BCUT2D eigenvalue weighted by Crippen LogP contribution is 2.27. The molecular weight excluding hydrogens is 292 g/mol. The van der Waals surface area contributed by atoms with E-state index in [2.05, 4.69) is 0 Å². The van der Waals surface area contributed by atoms with E-state index in [1.807, 2.05) is 25.1 Å². The van der Waals surface area contributed by atoms with Gasteiger partial charge in [-0.1, -0.05) is 6.07 Å². The van der Waals surface area contributed by atoms with Gasteiger partial charge >= 0.3 is 5.97 Å². The SMILES string of the molecule is CN(C)c1cccc(S(=O)(=O)N2CCCCC2C(=O)O)c1. The van der Waals surface area contributed by atoms with Crippen LogP contribution < -0.4 is 4.90 Å². The Kier molecular flexibility index (Phi) is 4.53. The number of benzene rings is 1. The van der Waals surface area contributed by atoms with Crippen molar-refractivity contribution < 1.29 is 18.3 Å². The molecule has 1 atom stereocenters. The number of rotatable bonds is 4. The first-order valence-corrected chi connectivity index (χ1v) is 8.30. The Bertz CT molecular complexity index is 628. The second-order valence-electron chi connectivity index (χ2n) is 5.36. The maximum atomic E-state index is 12.7. The summed E-state index contributed by atoms with van der Waals surface area (Å²) in [6.45, 7) is 0.255. The molecule has 1 aromatic carbocycles. The van der Waals surface area contributed by atoms with Crippen LogP contribution in [0.5, 0.6) is 0 Å². The number of anilines is 1. The maximum Gasteiger partial charge on any atom is 0.322 e. The lowest BCUT2D eigenvalue weighted by molar-refractivity contribution is -0.142. The lowest BCUT2D eigenvalue weighted by Gasteiger charge is -2.32. The first kappa shape index (κ1) is 15.8. The lowest BCUT2D eigenvalue weighted by atomic mass is 10.1. The number of nitrogens with zero attached hydrogens (tertiary/aromatic N) is 2. The van der Waals surface area contributed by atoms with E-state index in [9.17, 15) is 18.3 Å². The molecule has 1 aliphatic heterocycles. The third kappa shape index (κ3) is 3.19. The molecule has 0 amide bonds. The molecule has 0 saturated carbocycles. The Morgan fingerprint density at radius 3 is 2.67 bits per heavy atom. The van der Waals surface area contributed by atoms with Gasteiger partial charge in [-0.25, -0.2) is 8.42 Å². The van der Waals surface area contributed by atoms with Crippen LogP contribution in [0, 0.1) is 0 Å². The highest BCUT2D eigenvalue weighted by Gasteiger charge is 2.37. The summed E-state index contributed by atoms with van der Waals surface area (Å²) in [7, 11) is -0.134. The van der Waals surface area contributed by atoms with Crippen molar-refractivity contribution >= 4 is 21.7 Å². The number of carbonyl (C=O) groups is 1. The predicted octanol–water partition coefficient (Wildman–Crippen LogP) is 1.38. The number of aliphatic carboxylic acids is 1. The minimum atomic E-state index is -3.79. The zero-order chi connectivity index (χ0) is 15.6. The summed E-state index contributed by atoms with van der Waals surface area (Å²) in [5.41, 5.74) is 0.764. The van der Waals surface area contributed by atoms with Gasteiger partial charge in [0.2, 0.25) is 10.0 Å². The molecule has 1 aromatic rings. The molecule has 21 heavy (non-hydrogen) atoms. The Morgan fingerprint density at radius 1 is 1.33 bits per heavy atom. The molecule has 1 saturated heterocycles. The zero-order valence-corrected chi connectivity index (χ0v) is 13.0. The van der Waals surface area contributed by atoms with Crippen molar-refractivity contribution in [2.45, 2.75) is 30.2 Å². The molecule has 1 heterocycles. The van der Waals surface area contributed by atoms with E-state index >= 15 is 0 Å². The quantitative estimate of drug-likeness (QED) is 0.909. The van der Waals surface area contributed by atoms with Crippen LogP contribution in [0.3, 0.4) is 0 Å². The van der Waals surface area contributed by atoms with E-state index in [1.54, 1.807) is 12.1 Å². The second-order valence-corrected chi connectivity index (χ2v) is 7.25. The van der Waals surface area contributed by atoms with E-state index in [1.165, 1.54) is 6.07 Å². The van der Waals surface area contributed by atoms with Crippen molar-refractivity contribution in [1.82, 2.24) is 4.31 Å². The monoisotopic (exact) mass is 312 g/mol. The molecule has 1 aliphatic rings. The van der Waals surface area contributed by atoms with E-state index in [0.717, 1.165) is 16.4 Å². The van der Waals surface area contributed by atoms with Crippen LogP contribution in [-0.4, -0.2) is 50.5 Å². The van der Waals surface area contributed by atoms with Gasteiger partial charge in [0.05, 0.1) is 4.90 Å². The van der Waals surface area contributed by atoms with Crippen LogP contribution in [0.2, 0.25) is 0 Å². The molecule has 0 bridgehead atoms. The average molecular weight is 312 g/mol. The maximum absolute atomic E-state index is 12.7. The van der Waals surface area contributed by atoms with Gasteiger partial charge in [0, 0.05) is 26.3 Å². The van der Waals surface area contributed by atoms with Gasteiger partial charge in [0.25, 0.3) is 0 Å². The molecule has 6 nitrogen and oxygen atoms in total. The van der Waals surface area contributed by atoms with E-state index < -0.39 is 22.0 Å². The van der Waals surface area contributed by atoms with Gasteiger partial charge in [-0.3, -0.25) is 4.79 Å². The molecule has 0 spiro atoms. The third-order valence-electron chi connectivity index (χ3n) is 3.68. The van der Waals surface area contributed by atoms with Crippen molar-refractivity contribution in [3.63, 3.8) is 0 Å². The third-order valence-corrected chi connectivity index (χ3v) is 5.58. The number of sulfonamides is 1. The largest absolute Gasteiger partial charge is 0.480 e. The smallest absolute Gasteiger partial charge is 0.322 e. The first-order valence-electron chi connectivity index (χ1n) is 6.86. The Balaban J connectivity index is 2.40. The van der Waals surface area contributed by atoms with Gasteiger partial charge in [-0.2, -0.15) is 4.31 Å².